The van der Waals surface area contributed by atoms with E-state index >= 15 is 0 Å². The molecule has 8 heteroatoms. The van der Waals surface area contributed by atoms with E-state index < -0.39 is 18.0 Å². The molecule has 6 nitrogen and oxygen atoms in total. The molecule has 0 saturated heterocycles. The van der Waals surface area contributed by atoms with Crippen LogP contribution in [-0.2, 0) is 4.74 Å². The van der Waals surface area contributed by atoms with Crippen molar-refractivity contribution in [3.63, 3.8) is 0 Å². The lowest BCUT2D eigenvalue weighted by molar-refractivity contribution is 0.104. The highest BCUT2D eigenvalue weighted by Gasteiger charge is 2.07. The SMILES string of the molecule is CCOC(=O)Oc1ccc(NC(=O)Nc2ccc(F)c(Cl)c2)cc1. The summed E-state index contributed by atoms with van der Waals surface area (Å²) in [4.78, 5) is 23.0. The Morgan fingerprint density at radius 1 is 1.08 bits per heavy atom. The lowest BCUT2D eigenvalue weighted by atomic mass is 10.3. The minimum atomic E-state index is -0.802. The lowest BCUT2D eigenvalue weighted by Gasteiger charge is -2.09. The second kappa shape index (κ2) is 8.16. The highest BCUT2D eigenvalue weighted by atomic mass is 35.5. The van der Waals surface area contributed by atoms with Gasteiger partial charge in [-0.2, -0.15) is 0 Å². The molecule has 0 aliphatic carbocycles. The fourth-order valence-electron chi connectivity index (χ4n) is 1.72. The Morgan fingerprint density at radius 3 is 2.33 bits per heavy atom. The molecule has 0 bridgehead atoms. The van der Waals surface area contributed by atoms with Gasteiger partial charge in [0.1, 0.15) is 11.6 Å². The number of urea groups is 1. The van der Waals surface area contributed by atoms with E-state index in [9.17, 15) is 14.0 Å². The van der Waals surface area contributed by atoms with E-state index in [1.54, 1.807) is 19.1 Å². The molecule has 2 rings (SSSR count). The summed E-state index contributed by atoms with van der Waals surface area (Å²) in [5.41, 5.74) is 0.818. The van der Waals surface area contributed by atoms with Crippen LogP contribution in [0.2, 0.25) is 5.02 Å². The van der Waals surface area contributed by atoms with E-state index in [2.05, 4.69) is 15.4 Å². The summed E-state index contributed by atoms with van der Waals surface area (Å²) >= 11 is 5.64. The molecule has 126 valence electrons. The maximum absolute atomic E-state index is 13.1. The average molecular weight is 353 g/mol. The largest absolute Gasteiger partial charge is 0.513 e. The third-order valence-corrected chi connectivity index (χ3v) is 3.04. The van der Waals surface area contributed by atoms with Gasteiger partial charge in [-0.25, -0.2) is 14.0 Å². The smallest absolute Gasteiger partial charge is 0.434 e. The van der Waals surface area contributed by atoms with E-state index in [1.807, 2.05) is 0 Å². The van der Waals surface area contributed by atoms with Gasteiger partial charge in [-0.3, -0.25) is 0 Å². The van der Waals surface area contributed by atoms with Crippen molar-refractivity contribution in [1.29, 1.82) is 0 Å². The van der Waals surface area contributed by atoms with Crippen LogP contribution in [0.4, 0.5) is 25.4 Å². The van der Waals surface area contributed by atoms with Crippen LogP contribution in [0.5, 0.6) is 5.75 Å². The highest BCUT2D eigenvalue weighted by molar-refractivity contribution is 6.31. The Morgan fingerprint density at radius 2 is 1.71 bits per heavy atom. The number of halogens is 2. The molecular formula is C16H14ClFN2O4. The number of nitrogens with one attached hydrogen (secondary N) is 2. The molecule has 2 aromatic carbocycles. The minimum Gasteiger partial charge on any atom is -0.434 e. The number of hydrogen-bond acceptors (Lipinski definition) is 4. The van der Waals surface area contributed by atoms with Gasteiger partial charge in [0, 0.05) is 11.4 Å². The molecule has 0 fully saturated rings. The van der Waals surface area contributed by atoms with E-state index in [1.165, 1.54) is 24.3 Å². The summed E-state index contributed by atoms with van der Waals surface area (Å²) in [6.07, 6.45) is -0.802. The van der Waals surface area contributed by atoms with E-state index in [4.69, 9.17) is 16.3 Å². The molecular weight excluding hydrogens is 339 g/mol. The van der Waals surface area contributed by atoms with Crippen LogP contribution in [0.25, 0.3) is 0 Å². The molecule has 0 unspecified atom stereocenters. The van der Waals surface area contributed by atoms with Crippen molar-refractivity contribution in [3.8, 4) is 5.75 Å². The van der Waals surface area contributed by atoms with Gasteiger partial charge in [-0.05, 0) is 49.4 Å². The topological polar surface area (TPSA) is 76.7 Å². The summed E-state index contributed by atoms with van der Waals surface area (Å²) < 4.78 is 22.6. The van der Waals surface area contributed by atoms with Gasteiger partial charge in [0.15, 0.2) is 0 Å². The zero-order chi connectivity index (χ0) is 17.5. The number of hydrogen-bond donors (Lipinski definition) is 2. The minimum absolute atomic E-state index is 0.0896. The van der Waals surface area contributed by atoms with Gasteiger partial charge in [0.25, 0.3) is 0 Å². The first-order valence-corrected chi connectivity index (χ1v) is 7.33. The monoisotopic (exact) mass is 352 g/mol. The Kier molecular flexibility index (Phi) is 5.97. The van der Waals surface area contributed by atoms with Crippen molar-refractivity contribution in [2.24, 2.45) is 0 Å². The molecule has 0 saturated carbocycles. The first-order valence-electron chi connectivity index (χ1n) is 6.95. The molecule has 2 aromatic rings. The summed E-state index contributed by atoms with van der Waals surface area (Å²) in [5.74, 6) is -0.287. The van der Waals surface area contributed by atoms with Gasteiger partial charge in [0.2, 0.25) is 0 Å². The molecule has 0 aliphatic heterocycles. The van der Waals surface area contributed by atoms with Crippen LogP contribution in [0.3, 0.4) is 0 Å². The first-order chi connectivity index (χ1) is 11.5. The lowest BCUT2D eigenvalue weighted by Crippen LogP contribution is -2.19. The second-order valence-electron chi connectivity index (χ2n) is 4.52. The molecule has 0 atom stereocenters. The van der Waals surface area contributed by atoms with Crippen LogP contribution >= 0.6 is 11.6 Å². The van der Waals surface area contributed by atoms with Crippen molar-refractivity contribution in [2.45, 2.75) is 6.92 Å². The third-order valence-electron chi connectivity index (χ3n) is 2.75. The number of amides is 2. The maximum Gasteiger partial charge on any atom is 0.513 e. The average Bonchev–Trinajstić information content (AvgIpc) is 2.53. The normalized spacial score (nSPS) is 9.96. The van der Waals surface area contributed by atoms with Crippen LogP contribution in [0, 0.1) is 5.82 Å². The molecule has 0 heterocycles. The molecule has 0 aromatic heterocycles. The predicted molar refractivity (Wildman–Crippen MR) is 88.1 cm³/mol. The molecule has 0 spiro atoms. The van der Waals surface area contributed by atoms with E-state index in [0.717, 1.165) is 6.07 Å². The summed E-state index contributed by atoms with van der Waals surface area (Å²) in [5, 5.41) is 5.00. The van der Waals surface area contributed by atoms with Crippen molar-refractivity contribution < 1.29 is 23.5 Å². The van der Waals surface area contributed by atoms with Gasteiger partial charge in [-0.1, -0.05) is 11.6 Å². The maximum atomic E-state index is 13.1. The van der Waals surface area contributed by atoms with Crippen molar-refractivity contribution in [3.05, 3.63) is 53.3 Å². The summed E-state index contributed by atoms with van der Waals surface area (Å²) in [6, 6.07) is 9.40. The van der Waals surface area contributed by atoms with Crippen molar-refractivity contribution in [1.82, 2.24) is 0 Å². The molecule has 2 N–H and O–H groups in total. The number of carbonyl (C=O) groups excluding carboxylic acids is 2. The Hall–Kier alpha value is -2.80. The van der Waals surface area contributed by atoms with Gasteiger partial charge in [-0.15, -0.1) is 0 Å². The predicted octanol–water partition coefficient (Wildman–Crippen LogP) is 4.66. The number of benzene rings is 2. The first kappa shape index (κ1) is 17.6. The highest BCUT2D eigenvalue weighted by Crippen LogP contribution is 2.20. The van der Waals surface area contributed by atoms with E-state index in [-0.39, 0.29) is 17.4 Å². The van der Waals surface area contributed by atoms with Gasteiger partial charge >= 0.3 is 12.2 Å². The van der Waals surface area contributed by atoms with Gasteiger partial charge in [0.05, 0.1) is 11.6 Å². The second-order valence-corrected chi connectivity index (χ2v) is 4.92. The van der Waals surface area contributed by atoms with E-state index in [0.29, 0.717) is 11.4 Å². The summed E-state index contributed by atoms with van der Waals surface area (Å²) in [6.45, 7) is 1.88. The van der Waals surface area contributed by atoms with Crippen LogP contribution < -0.4 is 15.4 Å². The number of anilines is 2. The number of ether oxygens (including phenoxy) is 2. The molecule has 0 aliphatic rings. The summed E-state index contributed by atoms with van der Waals surface area (Å²) in [7, 11) is 0. The molecule has 24 heavy (non-hydrogen) atoms. The Bertz CT molecular complexity index is 737. The fourth-order valence-corrected chi connectivity index (χ4v) is 1.90. The number of rotatable bonds is 4. The van der Waals surface area contributed by atoms with Gasteiger partial charge < -0.3 is 20.1 Å². The van der Waals surface area contributed by atoms with Crippen LogP contribution in [-0.4, -0.2) is 18.8 Å². The fraction of sp³-hybridized carbons (Fsp3) is 0.125. The van der Waals surface area contributed by atoms with Crippen LogP contribution in [0.15, 0.2) is 42.5 Å². The third kappa shape index (κ3) is 5.13. The number of carbonyl (C=O) groups is 2. The Balaban J connectivity index is 1.91. The molecule has 2 amide bonds. The van der Waals surface area contributed by atoms with Crippen molar-refractivity contribution in [2.75, 3.05) is 17.2 Å². The van der Waals surface area contributed by atoms with Crippen LogP contribution in [0.1, 0.15) is 6.92 Å². The Labute approximate surface area is 142 Å². The van der Waals surface area contributed by atoms with Crippen molar-refractivity contribution >= 4 is 35.2 Å². The quantitative estimate of drug-likeness (QED) is 0.619. The zero-order valence-corrected chi connectivity index (χ0v) is 13.4. The standard InChI is InChI=1S/C16H14ClFN2O4/c1-2-23-16(22)24-12-6-3-10(4-7-12)19-15(21)20-11-5-8-14(18)13(17)9-11/h3-9H,2H2,1H3,(H2,19,20,21). The zero-order valence-electron chi connectivity index (χ0n) is 12.6. The molecule has 0 radical (unpaired) electrons.